The van der Waals surface area contributed by atoms with Crippen molar-refractivity contribution in [1.29, 1.82) is 0 Å². The van der Waals surface area contributed by atoms with E-state index in [2.05, 4.69) is 45.0 Å². The number of anilines is 1. The summed E-state index contributed by atoms with van der Waals surface area (Å²) < 4.78 is 10.8. The van der Waals surface area contributed by atoms with Crippen LogP contribution in [-0.2, 0) is 6.42 Å². The normalized spacial score (nSPS) is 16.5. The predicted molar refractivity (Wildman–Crippen MR) is 129 cm³/mol. The molecule has 0 radical (unpaired) electrons. The van der Waals surface area contributed by atoms with Crippen LogP contribution in [0.2, 0.25) is 0 Å². The second kappa shape index (κ2) is 11.8. The molecule has 1 atom stereocenters. The van der Waals surface area contributed by atoms with Crippen molar-refractivity contribution in [2.45, 2.75) is 45.6 Å². The van der Waals surface area contributed by atoms with Gasteiger partial charge in [-0.2, -0.15) is 0 Å². The first kappa shape index (κ1) is 23.2. The minimum atomic E-state index is 0.355. The molecule has 0 saturated carbocycles. The van der Waals surface area contributed by atoms with Crippen molar-refractivity contribution in [3.05, 3.63) is 34.3 Å². The summed E-state index contributed by atoms with van der Waals surface area (Å²) >= 11 is 1.75. The molecule has 0 spiro atoms. The van der Waals surface area contributed by atoms with Gasteiger partial charge in [-0.05, 0) is 39.5 Å². The molecular formula is C23H35N5O2S. The first-order valence-electron chi connectivity index (χ1n) is 11.0. The fraction of sp³-hybridized carbons (Fsp3) is 0.565. The number of aromatic nitrogens is 1. The van der Waals surface area contributed by atoms with Crippen molar-refractivity contribution >= 4 is 23.0 Å². The molecule has 1 unspecified atom stereocenters. The maximum Gasteiger partial charge on any atom is 0.191 e. The van der Waals surface area contributed by atoms with Crippen LogP contribution in [0.15, 0.2) is 28.6 Å². The largest absolute Gasteiger partial charge is 0.497 e. The number of nitrogens with one attached hydrogen (secondary N) is 2. The molecule has 1 saturated heterocycles. The first-order chi connectivity index (χ1) is 15.1. The Kier molecular flexibility index (Phi) is 8.82. The second-order valence-corrected chi connectivity index (χ2v) is 8.69. The molecule has 1 aliphatic heterocycles. The number of nitrogens with zero attached hydrogens (tertiary/aromatic N) is 3. The molecule has 0 aliphatic carbocycles. The van der Waals surface area contributed by atoms with Crippen molar-refractivity contribution in [1.82, 2.24) is 15.6 Å². The molecule has 1 aliphatic rings. The lowest BCUT2D eigenvalue weighted by atomic mass is 10.2. The van der Waals surface area contributed by atoms with Gasteiger partial charge in [0.2, 0.25) is 0 Å². The van der Waals surface area contributed by atoms with E-state index in [4.69, 9.17) is 14.5 Å². The van der Waals surface area contributed by atoms with E-state index in [1.54, 1.807) is 25.6 Å². The average molecular weight is 446 g/mol. The van der Waals surface area contributed by atoms with E-state index in [-0.39, 0.29) is 0 Å². The third kappa shape index (κ3) is 7.02. The zero-order valence-electron chi connectivity index (χ0n) is 19.1. The Bertz CT molecular complexity index is 832. The van der Waals surface area contributed by atoms with Gasteiger partial charge in [0.25, 0.3) is 0 Å². The third-order valence-electron chi connectivity index (χ3n) is 5.31. The van der Waals surface area contributed by atoms with Gasteiger partial charge in [-0.15, -0.1) is 11.3 Å². The maximum atomic E-state index is 5.42. The van der Waals surface area contributed by atoms with Crippen molar-refractivity contribution < 1.29 is 9.47 Å². The minimum absolute atomic E-state index is 0.355. The molecule has 2 aromatic rings. The van der Waals surface area contributed by atoms with Gasteiger partial charge in [0.1, 0.15) is 11.5 Å². The van der Waals surface area contributed by atoms with Crippen LogP contribution < -0.4 is 25.0 Å². The quantitative estimate of drug-likeness (QED) is 0.331. The standard InChI is InChI=1S/C23H35N5O2S/c1-5-24-23(25-10-7-6-8-22-26-17(2)16-31-22)27-18-9-11-28(15-18)19-12-20(29-3)14-21(13-19)30-4/h12-14,16,18H,5-11,15H2,1-4H3,(H2,24,25,27). The van der Waals surface area contributed by atoms with Crippen LogP contribution in [0.1, 0.15) is 36.9 Å². The van der Waals surface area contributed by atoms with Gasteiger partial charge in [-0.1, -0.05) is 0 Å². The van der Waals surface area contributed by atoms with E-state index in [9.17, 15) is 0 Å². The Hall–Kier alpha value is -2.48. The van der Waals surface area contributed by atoms with E-state index >= 15 is 0 Å². The third-order valence-corrected chi connectivity index (χ3v) is 6.34. The Balaban J connectivity index is 1.49. The van der Waals surface area contributed by atoms with E-state index in [1.807, 2.05) is 13.0 Å². The molecule has 0 amide bonds. The van der Waals surface area contributed by atoms with Crippen molar-refractivity contribution in [3.8, 4) is 11.5 Å². The highest BCUT2D eigenvalue weighted by Gasteiger charge is 2.24. The van der Waals surface area contributed by atoms with Crippen LogP contribution in [-0.4, -0.2) is 57.4 Å². The number of benzene rings is 1. The lowest BCUT2D eigenvalue weighted by Gasteiger charge is -2.21. The van der Waals surface area contributed by atoms with E-state index in [1.165, 1.54) is 5.01 Å². The highest BCUT2D eigenvalue weighted by molar-refractivity contribution is 7.09. The lowest BCUT2D eigenvalue weighted by Crippen LogP contribution is -2.44. The van der Waals surface area contributed by atoms with Gasteiger partial charge in [0.15, 0.2) is 5.96 Å². The average Bonchev–Trinajstić information content (AvgIpc) is 3.42. The van der Waals surface area contributed by atoms with Gasteiger partial charge >= 0.3 is 0 Å². The topological polar surface area (TPSA) is 71.0 Å². The highest BCUT2D eigenvalue weighted by atomic mass is 32.1. The van der Waals surface area contributed by atoms with E-state index < -0.39 is 0 Å². The summed E-state index contributed by atoms with van der Waals surface area (Å²) in [6.45, 7) is 7.74. The van der Waals surface area contributed by atoms with Gasteiger partial charge in [-0.25, -0.2) is 4.98 Å². The summed E-state index contributed by atoms with van der Waals surface area (Å²) in [5.74, 6) is 2.53. The first-order valence-corrected chi connectivity index (χ1v) is 11.9. The number of aryl methyl sites for hydroxylation is 2. The van der Waals surface area contributed by atoms with Crippen LogP contribution >= 0.6 is 11.3 Å². The molecule has 31 heavy (non-hydrogen) atoms. The predicted octanol–water partition coefficient (Wildman–Crippen LogP) is 3.63. The van der Waals surface area contributed by atoms with Gasteiger partial charge in [-0.3, -0.25) is 4.99 Å². The Morgan fingerprint density at radius 1 is 1.23 bits per heavy atom. The Morgan fingerprint density at radius 3 is 2.65 bits per heavy atom. The Labute approximate surface area is 189 Å². The minimum Gasteiger partial charge on any atom is -0.497 e. The molecule has 170 valence electrons. The molecule has 7 nitrogen and oxygen atoms in total. The molecule has 1 aromatic heterocycles. The van der Waals surface area contributed by atoms with Crippen LogP contribution in [0.4, 0.5) is 5.69 Å². The SMILES string of the molecule is CCNC(=NCCCCc1nc(C)cs1)NC1CCN(c2cc(OC)cc(OC)c2)C1. The summed E-state index contributed by atoms with van der Waals surface area (Å²) in [7, 11) is 3.37. The van der Waals surface area contributed by atoms with Crippen LogP contribution in [0.25, 0.3) is 0 Å². The van der Waals surface area contributed by atoms with Crippen molar-refractivity contribution in [2.24, 2.45) is 4.99 Å². The Morgan fingerprint density at radius 2 is 2.00 bits per heavy atom. The molecular weight excluding hydrogens is 410 g/mol. The molecule has 3 rings (SSSR count). The summed E-state index contributed by atoms with van der Waals surface area (Å²) in [5, 5.41) is 10.3. The number of guanidine groups is 1. The van der Waals surface area contributed by atoms with E-state index in [0.717, 1.165) is 80.7 Å². The monoisotopic (exact) mass is 445 g/mol. The van der Waals surface area contributed by atoms with E-state index in [0.29, 0.717) is 6.04 Å². The number of thiazole rings is 1. The van der Waals surface area contributed by atoms with Gasteiger partial charge < -0.3 is 25.0 Å². The van der Waals surface area contributed by atoms with Crippen LogP contribution in [0.3, 0.4) is 0 Å². The smallest absolute Gasteiger partial charge is 0.191 e. The molecule has 2 heterocycles. The number of ether oxygens (including phenoxy) is 2. The second-order valence-electron chi connectivity index (χ2n) is 7.75. The van der Waals surface area contributed by atoms with Gasteiger partial charge in [0.05, 0.1) is 19.2 Å². The summed E-state index contributed by atoms with van der Waals surface area (Å²) in [6, 6.07) is 6.39. The zero-order valence-corrected chi connectivity index (χ0v) is 19.9. The molecule has 1 aromatic carbocycles. The van der Waals surface area contributed by atoms with Crippen molar-refractivity contribution in [2.75, 3.05) is 45.3 Å². The number of aliphatic imine (C=N–C) groups is 1. The zero-order chi connectivity index (χ0) is 22.1. The molecule has 0 bridgehead atoms. The molecule has 1 fully saturated rings. The number of unbranched alkanes of at least 4 members (excludes halogenated alkanes) is 1. The van der Waals surface area contributed by atoms with Gasteiger partial charge in [0, 0.05) is 67.2 Å². The fourth-order valence-electron chi connectivity index (χ4n) is 3.70. The van der Waals surface area contributed by atoms with Crippen molar-refractivity contribution in [3.63, 3.8) is 0 Å². The lowest BCUT2D eigenvalue weighted by molar-refractivity contribution is 0.394. The van der Waals surface area contributed by atoms with Crippen LogP contribution in [0.5, 0.6) is 11.5 Å². The number of hydrogen-bond acceptors (Lipinski definition) is 6. The summed E-state index contributed by atoms with van der Waals surface area (Å²) in [6.07, 6.45) is 4.28. The summed E-state index contributed by atoms with van der Waals surface area (Å²) in [4.78, 5) is 11.7. The number of rotatable bonds is 10. The van der Waals surface area contributed by atoms with Crippen LogP contribution in [0, 0.1) is 6.92 Å². The number of methoxy groups -OCH3 is 2. The highest BCUT2D eigenvalue weighted by Crippen LogP contribution is 2.30. The maximum absolute atomic E-state index is 5.42. The molecule has 2 N–H and O–H groups in total. The molecule has 8 heteroatoms. The fourth-order valence-corrected chi connectivity index (χ4v) is 4.52. The number of hydrogen-bond donors (Lipinski definition) is 2. The summed E-state index contributed by atoms with van der Waals surface area (Å²) in [5.41, 5.74) is 2.24.